The molecule has 17 heavy (non-hydrogen) atoms. The quantitative estimate of drug-likeness (QED) is 0.849. The summed E-state index contributed by atoms with van der Waals surface area (Å²) >= 11 is 0. The minimum absolute atomic E-state index is 0.764. The second kappa shape index (κ2) is 3.06. The van der Waals surface area contributed by atoms with Gasteiger partial charge in [0.25, 0.3) is 0 Å². The van der Waals surface area contributed by atoms with Crippen molar-refractivity contribution in [3.05, 3.63) is 11.3 Å². The fourth-order valence-electron chi connectivity index (χ4n) is 4.92. The molecule has 0 aliphatic heterocycles. The van der Waals surface area contributed by atoms with Crippen LogP contribution in [0.3, 0.4) is 0 Å². The normalized spacial score (nSPS) is 41.9. The lowest BCUT2D eigenvalue weighted by atomic mass is 9.98. The third-order valence-corrected chi connectivity index (χ3v) is 5.63. The molecular formula is C14H21N3. The summed E-state index contributed by atoms with van der Waals surface area (Å²) < 4.78 is 1.88. The number of nitrogens with zero attached hydrogens (tertiary/aromatic N) is 2. The topological polar surface area (TPSA) is 43.8 Å². The van der Waals surface area contributed by atoms with Crippen LogP contribution >= 0.6 is 0 Å². The van der Waals surface area contributed by atoms with Gasteiger partial charge in [0.05, 0.1) is 5.69 Å². The summed E-state index contributed by atoms with van der Waals surface area (Å²) in [5.41, 5.74) is 8.79. The second-order valence-corrected chi connectivity index (χ2v) is 6.24. The van der Waals surface area contributed by atoms with Gasteiger partial charge in [-0.2, -0.15) is 5.10 Å². The Morgan fingerprint density at radius 1 is 1.29 bits per heavy atom. The number of rotatable bonds is 2. The Balaban J connectivity index is 1.71. The van der Waals surface area contributed by atoms with Gasteiger partial charge in [0, 0.05) is 18.5 Å². The van der Waals surface area contributed by atoms with E-state index < -0.39 is 0 Å². The Hall–Kier alpha value is -0.990. The maximum Gasteiger partial charge on any atom is 0.124 e. The molecule has 3 aliphatic rings. The first-order valence-electron chi connectivity index (χ1n) is 7.03. The number of fused-ring (bicyclic) bond motifs is 5. The zero-order valence-corrected chi connectivity index (χ0v) is 10.7. The van der Waals surface area contributed by atoms with E-state index in [1.807, 2.05) is 11.7 Å². The first kappa shape index (κ1) is 9.98. The van der Waals surface area contributed by atoms with E-state index in [9.17, 15) is 0 Å². The van der Waals surface area contributed by atoms with Crippen molar-refractivity contribution in [2.45, 2.75) is 38.5 Å². The third kappa shape index (κ3) is 1.10. The molecule has 2 bridgehead atoms. The van der Waals surface area contributed by atoms with Crippen LogP contribution in [0.5, 0.6) is 0 Å². The van der Waals surface area contributed by atoms with Crippen molar-refractivity contribution in [1.82, 2.24) is 9.78 Å². The summed E-state index contributed by atoms with van der Waals surface area (Å²) in [7, 11) is 1.98. The van der Waals surface area contributed by atoms with Gasteiger partial charge >= 0.3 is 0 Å². The third-order valence-electron chi connectivity index (χ3n) is 5.63. The fourth-order valence-corrected chi connectivity index (χ4v) is 4.92. The SMILES string of the molecule is CCc1c(C2C3C4CCC(C4)C23)nn(C)c1N. The van der Waals surface area contributed by atoms with Crippen LogP contribution in [0.1, 0.15) is 43.4 Å². The van der Waals surface area contributed by atoms with Gasteiger partial charge in [-0.3, -0.25) is 4.68 Å². The molecule has 1 aromatic heterocycles. The van der Waals surface area contributed by atoms with Gasteiger partial charge in [0.1, 0.15) is 5.82 Å². The lowest BCUT2D eigenvalue weighted by Gasteiger charge is -2.07. The standard InChI is InChI=1S/C14H21N3/c1-3-9-13(16-17(2)14(9)15)12-10-7-4-5-8(6-7)11(10)12/h7-8,10-12H,3-6,15H2,1-2H3. The van der Waals surface area contributed by atoms with Crippen LogP contribution in [0.25, 0.3) is 0 Å². The molecule has 1 heterocycles. The van der Waals surface area contributed by atoms with Gasteiger partial charge in [0.15, 0.2) is 0 Å². The summed E-state index contributed by atoms with van der Waals surface area (Å²) in [6, 6.07) is 0. The van der Waals surface area contributed by atoms with Crippen molar-refractivity contribution >= 4 is 5.82 Å². The van der Waals surface area contributed by atoms with Gasteiger partial charge < -0.3 is 5.73 Å². The van der Waals surface area contributed by atoms with Crippen LogP contribution in [0, 0.1) is 23.7 Å². The zero-order chi connectivity index (χ0) is 11.7. The van der Waals surface area contributed by atoms with Crippen molar-refractivity contribution in [2.75, 3.05) is 5.73 Å². The summed E-state index contributed by atoms with van der Waals surface area (Å²) in [6.45, 7) is 2.20. The minimum atomic E-state index is 0.764. The van der Waals surface area contributed by atoms with Crippen molar-refractivity contribution in [1.29, 1.82) is 0 Å². The highest BCUT2D eigenvalue weighted by Gasteiger charge is 2.66. The van der Waals surface area contributed by atoms with Crippen LogP contribution < -0.4 is 5.73 Å². The highest BCUT2D eigenvalue weighted by Crippen LogP contribution is 2.73. The number of nitrogen functional groups attached to an aromatic ring is 1. The molecule has 4 atom stereocenters. The molecule has 4 unspecified atom stereocenters. The molecule has 0 spiro atoms. The Bertz CT molecular complexity index is 460. The number of anilines is 1. The summed E-state index contributed by atoms with van der Waals surface area (Å²) in [4.78, 5) is 0. The molecule has 3 fully saturated rings. The molecule has 92 valence electrons. The molecule has 0 radical (unpaired) electrons. The van der Waals surface area contributed by atoms with Crippen molar-refractivity contribution in [2.24, 2.45) is 30.7 Å². The van der Waals surface area contributed by atoms with Crippen LogP contribution in [0.15, 0.2) is 0 Å². The molecule has 3 heteroatoms. The number of hydrogen-bond acceptors (Lipinski definition) is 2. The monoisotopic (exact) mass is 231 g/mol. The van der Waals surface area contributed by atoms with Crippen LogP contribution in [-0.2, 0) is 13.5 Å². The smallest absolute Gasteiger partial charge is 0.124 e. The minimum Gasteiger partial charge on any atom is -0.384 e. The van der Waals surface area contributed by atoms with E-state index in [0.29, 0.717) is 0 Å². The molecular weight excluding hydrogens is 210 g/mol. The number of hydrogen-bond donors (Lipinski definition) is 1. The summed E-state index contributed by atoms with van der Waals surface area (Å²) in [5, 5.41) is 4.71. The highest BCUT2D eigenvalue weighted by atomic mass is 15.3. The first-order chi connectivity index (χ1) is 8.22. The molecule has 3 nitrogen and oxygen atoms in total. The van der Waals surface area contributed by atoms with Gasteiger partial charge in [-0.15, -0.1) is 0 Å². The van der Waals surface area contributed by atoms with Crippen molar-refractivity contribution in [3.8, 4) is 0 Å². The predicted octanol–water partition coefficient (Wildman–Crippen LogP) is 2.32. The average molecular weight is 231 g/mol. The number of nitrogens with two attached hydrogens (primary N) is 1. The molecule has 0 saturated heterocycles. The largest absolute Gasteiger partial charge is 0.384 e. The van der Waals surface area contributed by atoms with Gasteiger partial charge in [-0.25, -0.2) is 0 Å². The first-order valence-corrected chi connectivity index (χ1v) is 7.03. The van der Waals surface area contributed by atoms with Crippen molar-refractivity contribution in [3.63, 3.8) is 0 Å². The van der Waals surface area contributed by atoms with E-state index in [1.165, 1.54) is 30.5 Å². The molecule has 0 aromatic carbocycles. The lowest BCUT2D eigenvalue weighted by Crippen LogP contribution is -2.00. The second-order valence-electron chi connectivity index (χ2n) is 6.24. The van der Waals surface area contributed by atoms with E-state index in [1.54, 1.807) is 0 Å². The lowest BCUT2D eigenvalue weighted by molar-refractivity contribution is 0.456. The van der Waals surface area contributed by atoms with Gasteiger partial charge in [-0.05, 0) is 49.4 Å². The average Bonchev–Trinajstić information content (AvgIpc) is 2.64. The molecule has 2 N–H and O–H groups in total. The van der Waals surface area contributed by atoms with Crippen LogP contribution in [0.2, 0.25) is 0 Å². The molecule has 3 saturated carbocycles. The van der Waals surface area contributed by atoms with Crippen molar-refractivity contribution < 1.29 is 0 Å². The molecule has 0 amide bonds. The van der Waals surface area contributed by atoms with Crippen LogP contribution in [0.4, 0.5) is 5.82 Å². The Labute approximate surface area is 102 Å². The van der Waals surface area contributed by atoms with E-state index in [-0.39, 0.29) is 0 Å². The molecule has 3 aliphatic carbocycles. The molecule has 1 aromatic rings. The predicted molar refractivity (Wildman–Crippen MR) is 67.6 cm³/mol. The van der Waals surface area contributed by atoms with E-state index >= 15 is 0 Å². The fraction of sp³-hybridized carbons (Fsp3) is 0.786. The maximum absolute atomic E-state index is 6.12. The maximum atomic E-state index is 6.12. The molecule has 4 rings (SSSR count). The van der Waals surface area contributed by atoms with E-state index in [0.717, 1.165) is 41.8 Å². The Kier molecular flexibility index (Phi) is 1.80. The summed E-state index contributed by atoms with van der Waals surface area (Å²) in [5.74, 6) is 5.62. The highest BCUT2D eigenvalue weighted by molar-refractivity contribution is 5.47. The Morgan fingerprint density at radius 2 is 1.94 bits per heavy atom. The summed E-state index contributed by atoms with van der Waals surface area (Å²) in [6.07, 6.45) is 5.49. The van der Waals surface area contributed by atoms with Gasteiger partial charge in [0.2, 0.25) is 0 Å². The van der Waals surface area contributed by atoms with E-state index in [4.69, 9.17) is 10.8 Å². The Morgan fingerprint density at radius 3 is 2.53 bits per heavy atom. The van der Waals surface area contributed by atoms with Crippen LogP contribution in [-0.4, -0.2) is 9.78 Å². The van der Waals surface area contributed by atoms with Gasteiger partial charge in [-0.1, -0.05) is 6.92 Å². The number of aromatic nitrogens is 2. The van der Waals surface area contributed by atoms with E-state index in [2.05, 4.69) is 6.92 Å². The zero-order valence-electron chi connectivity index (χ0n) is 10.7. The number of aryl methyl sites for hydroxylation is 1.